The molecule has 0 fully saturated rings. The van der Waals surface area contributed by atoms with Gasteiger partial charge in [0.1, 0.15) is 0 Å². The van der Waals surface area contributed by atoms with Crippen LogP contribution in [0.15, 0.2) is 12.7 Å². The van der Waals surface area contributed by atoms with E-state index in [2.05, 4.69) is 11.9 Å². The van der Waals surface area contributed by atoms with E-state index in [-0.39, 0.29) is 6.04 Å². The predicted molar refractivity (Wildman–Crippen MR) is 64.4 cm³/mol. The monoisotopic (exact) mass is 234 g/mol. The third-order valence-corrected chi connectivity index (χ3v) is 3.60. The van der Waals surface area contributed by atoms with E-state index < -0.39 is 10.0 Å². The van der Waals surface area contributed by atoms with Crippen molar-refractivity contribution in [3.63, 3.8) is 0 Å². The molecule has 0 aliphatic carbocycles. The van der Waals surface area contributed by atoms with E-state index in [1.807, 2.05) is 19.9 Å². The van der Waals surface area contributed by atoms with Gasteiger partial charge in [0.2, 0.25) is 10.0 Å². The van der Waals surface area contributed by atoms with Gasteiger partial charge in [0.25, 0.3) is 0 Å². The van der Waals surface area contributed by atoms with Crippen molar-refractivity contribution >= 4 is 10.0 Å². The number of sulfonamides is 1. The number of rotatable bonds is 8. The standard InChI is InChI=1S/C10H22N2O2S/c1-5-10(3)11-8-7-9-12(6-2)15(4,13)14/h5,10-11H,1,6-9H2,2-4H3. The fourth-order valence-electron chi connectivity index (χ4n) is 1.23. The van der Waals surface area contributed by atoms with Crippen LogP contribution < -0.4 is 5.32 Å². The van der Waals surface area contributed by atoms with Crippen LogP contribution in [0.4, 0.5) is 0 Å². The van der Waals surface area contributed by atoms with Crippen molar-refractivity contribution in [2.45, 2.75) is 26.3 Å². The molecule has 0 bridgehead atoms. The zero-order valence-corrected chi connectivity index (χ0v) is 10.7. The summed E-state index contributed by atoms with van der Waals surface area (Å²) in [6, 6.07) is 0.276. The Hall–Kier alpha value is -0.390. The first-order chi connectivity index (χ1) is 6.91. The van der Waals surface area contributed by atoms with Gasteiger partial charge in [0.05, 0.1) is 6.26 Å². The molecule has 5 heteroatoms. The lowest BCUT2D eigenvalue weighted by Gasteiger charge is -2.18. The Morgan fingerprint density at radius 3 is 2.53 bits per heavy atom. The summed E-state index contributed by atoms with van der Waals surface area (Å²) in [5.41, 5.74) is 0. The fourth-order valence-corrected chi connectivity index (χ4v) is 2.16. The summed E-state index contributed by atoms with van der Waals surface area (Å²) >= 11 is 0. The molecule has 0 saturated heterocycles. The minimum absolute atomic E-state index is 0.276. The van der Waals surface area contributed by atoms with Gasteiger partial charge in [-0.2, -0.15) is 0 Å². The molecule has 90 valence electrons. The second-order valence-electron chi connectivity index (χ2n) is 3.59. The van der Waals surface area contributed by atoms with E-state index >= 15 is 0 Å². The van der Waals surface area contributed by atoms with Crippen molar-refractivity contribution in [2.75, 3.05) is 25.9 Å². The summed E-state index contributed by atoms with van der Waals surface area (Å²) in [7, 11) is -3.04. The van der Waals surface area contributed by atoms with Crippen molar-refractivity contribution in [2.24, 2.45) is 0 Å². The molecule has 0 aliphatic heterocycles. The summed E-state index contributed by atoms with van der Waals surface area (Å²) in [4.78, 5) is 0. The molecule has 1 unspecified atom stereocenters. The first kappa shape index (κ1) is 14.6. The molecule has 0 rings (SSSR count). The van der Waals surface area contributed by atoms with Gasteiger partial charge in [-0.1, -0.05) is 13.0 Å². The van der Waals surface area contributed by atoms with E-state index in [1.54, 1.807) is 0 Å². The van der Waals surface area contributed by atoms with Gasteiger partial charge in [-0.3, -0.25) is 0 Å². The highest BCUT2D eigenvalue weighted by atomic mass is 32.2. The lowest BCUT2D eigenvalue weighted by atomic mass is 10.3. The number of hydrogen-bond acceptors (Lipinski definition) is 3. The van der Waals surface area contributed by atoms with Crippen LogP contribution in [0.3, 0.4) is 0 Å². The average Bonchev–Trinajstić information content (AvgIpc) is 2.15. The molecule has 1 atom stereocenters. The van der Waals surface area contributed by atoms with Crippen molar-refractivity contribution in [1.29, 1.82) is 0 Å². The second kappa shape index (κ2) is 6.98. The van der Waals surface area contributed by atoms with E-state index in [0.717, 1.165) is 13.0 Å². The Bertz CT molecular complexity index is 275. The molecule has 0 saturated carbocycles. The lowest BCUT2D eigenvalue weighted by Crippen LogP contribution is -2.33. The summed E-state index contributed by atoms with van der Waals surface area (Å²) < 4.78 is 24.0. The Labute approximate surface area is 93.4 Å². The number of nitrogens with zero attached hydrogens (tertiary/aromatic N) is 1. The summed E-state index contributed by atoms with van der Waals surface area (Å²) in [6.45, 7) is 9.44. The molecule has 1 N–H and O–H groups in total. The fraction of sp³-hybridized carbons (Fsp3) is 0.800. The smallest absolute Gasteiger partial charge is 0.211 e. The van der Waals surface area contributed by atoms with Gasteiger partial charge in [-0.05, 0) is 19.9 Å². The quantitative estimate of drug-likeness (QED) is 0.500. The normalized spacial score (nSPS) is 14.1. The van der Waals surface area contributed by atoms with Crippen LogP contribution in [-0.2, 0) is 10.0 Å². The van der Waals surface area contributed by atoms with Gasteiger partial charge >= 0.3 is 0 Å². The van der Waals surface area contributed by atoms with Gasteiger partial charge in [0, 0.05) is 19.1 Å². The van der Waals surface area contributed by atoms with Crippen LogP contribution >= 0.6 is 0 Å². The van der Waals surface area contributed by atoms with Crippen LogP contribution in [0.2, 0.25) is 0 Å². The van der Waals surface area contributed by atoms with E-state index in [4.69, 9.17) is 0 Å². The molecule has 0 spiro atoms. The number of hydrogen-bond donors (Lipinski definition) is 1. The van der Waals surface area contributed by atoms with Crippen molar-refractivity contribution in [3.05, 3.63) is 12.7 Å². The van der Waals surface area contributed by atoms with Gasteiger partial charge in [0.15, 0.2) is 0 Å². The van der Waals surface area contributed by atoms with Crippen LogP contribution in [0.5, 0.6) is 0 Å². The van der Waals surface area contributed by atoms with Gasteiger partial charge < -0.3 is 5.32 Å². The first-order valence-corrected chi connectivity index (χ1v) is 7.07. The molecule has 0 amide bonds. The SMILES string of the molecule is C=CC(C)NCCCN(CC)S(C)(=O)=O. The molecule has 0 aromatic heterocycles. The average molecular weight is 234 g/mol. The molecule has 0 heterocycles. The Balaban J connectivity index is 3.79. The third-order valence-electron chi connectivity index (χ3n) is 2.23. The molecular weight excluding hydrogens is 212 g/mol. The number of nitrogens with one attached hydrogen (secondary N) is 1. The molecule has 15 heavy (non-hydrogen) atoms. The molecule has 4 nitrogen and oxygen atoms in total. The van der Waals surface area contributed by atoms with Gasteiger partial charge in [-0.15, -0.1) is 6.58 Å². The van der Waals surface area contributed by atoms with Crippen LogP contribution in [-0.4, -0.2) is 44.7 Å². The Morgan fingerprint density at radius 2 is 2.13 bits per heavy atom. The molecule has 0 aromatic rings. The third kappa shape index (κ3) is 6.65. The Kier molecular flexibility index (Phi) is 6.80. The highest BCUT2D eigenvalue weighted by Gasteiger charge is 2.12. The summed E-state index contributed by atoms with van der Waals surface area (Å²) in [5.74, 6) is 0. The van der Waals surface area contributed by atoms with Crippen molar-refractivity contribution in [1.82, 2.24) is 9.62 Å². The molecular formula is C10H22N2O2S. The van der Waals surface area contributed by atoms with Crippen LogP contribution in [0, 0.1) is 0 Å². The van der Waals surface area contributed by atoms with E-state index in [1.165, 1.54) is 10.6 Å². The van der Waals surface area contributed by atoms with E-state index in [0.29, 0.717) is 13.1 Å². The van der Waals surface area contributed by atoms with Crippen molar-refractivity contribution in [3.8, 4) is 0 Å². The zero-order valence-electron chi connectivity index (χ0n) is 9.86. The highest BCUT2D eigenvalue weighted by Crippen LogP contribution is 1.98. The summed E-state index contributed by atoms with van der Waals surface area (Å²) in [5, 5.41) is 3.22. The second-order valence-corrected chi connectivity index (χ2v) is 5.57. The van der Waals surface area contributed by atoms with Crippen LogP contribution in [0.1, 0.15) is 20.3 Å². The highest BCUT2D eigenvalue weighted by molar-refractivity contribution is 7.88. The minimum Gasteiger partial charge on any atom is -0.311 e. The zero-order chi connectivity index (χ0) is 11.9. The Morgan fingerprint density at radius 1 is 1.53 bits per heavy atom. The molecule has 0 radical (unpaired) electrons. The maximum Gasteiger partial charge on any atom is 0.211 e. The topological polar surface area (TPSA) is 49.4 Å². The molecule has 0 aliphatic rings. The maximum absolute atomic E-state index is 11.2. The van der Waals surface area contributed by atoms with E-state index in [9.17, 15) is 8.42 Å². The lowest BCUT2D eigenvalue weighted by molar-refractivity contribution is 0.417. The predicted octanol–water partition coefficient (Wildman–Crippen LogP) is 0.822. The largest absolute Gasteiger partial charge is 0.311 e. The first-order valence-electron chi connectivity index (χ1n) is 5.22. The summed E-state index contributed by atoms with van der Waals surface area (Å²) in [6.07, 6.45) is 3.89. The van der Waals surface area contributed by atoms with Gasteiger partial charge in [-0.25, -0.2) is 12.7 Å². The minimum atomic E-state index is -3.04. The maximum atomic E-state index is 11.2. The van der Waals surface area contributed by atoms with Crippen molar-refractivity contribution < 1.29 is 8.42 Å². The molecule has 0 aromatic carbocycles. The van der Waals surface area contributed by atoms with Crippen LogP contribution in [0.25, 0.3) is 0 Å².